The molecule has 0 aliphatic rings. The Balaban J connectivity index is 2.33. The van der Waals surface area contributed by atoms with Gasteiger partial charge < -0.3 is 4.74 Å². The molecule has 1 aromatic carbocycles. The van der Waals surface area contributed by atoms with E-state index in [9.17, 15) is 24.3 Å². The van der Waals surface area contributed by atoms with Gasteiger partial charge in [-0.25, -0.2) is 4.79 Å². The average Bonchev–Trinajstić information content (AvgIpc) is 2.80. The van der Waals surface area contributed by atoms with E-state index in [1.165, 1.54) is 16.8 Å². The maximum absolute atomic E-state index is 13.3. The number of hydrogen-bond acceptors (Lipinski definition) is 6. The van der Waals surface area contributed by atoms with Crippen LogP contribution in [0.5, 0.6) is 0 Å². The van der Waals surface area contributed by atoms with Crippen molar-refractivity contribution in [1.29, 1.82) is 0 Å². The minimum absolute atomic E-state index is 0.0315. The molecule has 4 N–H and O–H groups in total. The predicted octanol–water partition coefficient (Wildman–Crippen LogP) is 1.44. The van der Waals surface area contributed by atoms with Gasteiger partial charge in [0.2, 0.25) is 0 Å². The van der Waals surface area contributed by atoms with E-state index in [0.29, 0.717) is 26.1 Å². The number of aromatic nitrogens is 1. The molecule has 0 saturated carbocycles. The van der Waals surface area contributed by atoms with Crippen LogP contribution < -0.4 is 19.3 Å². The molecule has 0 radical (unpaired) electrons. The van der Waals surface area contributed by atoms with Gasteiger partial charge >= 0.3 is 179 Å². The van der Waals surface area contributed by atoms with Crippen LogP contribution >= 0.6 is 0 Å². The summed E-state index contributed by atoms with van der Waals surface area (Å²) in [4.78, 5) is 50.4. The van der Waals surface area contributed by atoms with Crippen molar-refractivity contribution in [3.63, 3.8) is 0 Å². The molecule has 0 bridgehead atoms. The van der Waals surface area contributed by atoms with Crippen LogP contribution in [0.1, 0.15) is 45.2 Å². The van der Waals surface area contributed by atoms with Crippen LogP contribution in [0.25, 0.3) is 0 Å². The third-order valence-electron chi connectivity index (χ3n) is 4.97. The van der Waals surface area contributed by atoms with Crippen LogP contribution in [0.3, 0.4) is 0 Å². The molecule has 0 unspecified atom stereocenters. The molecule has 0 aliphatic carbocycles. The third-order valence-corrected chi connectivity index (χ3v) is 6.22. The second-order valence-electron chi connectivity index (χ2n) is 8.96. The Kier molecular flexibility index (Phi) is 10.9. The molecule has 186 valence electrons. The molecule has 2 aromatic rings. The van der Waals surface area contributed by atoms with Crippen molar-refractivity contribution in [1.82, 2.24) is 13.0 Å². The number of anilines is 1. The van der Waals surface area contributed by atoms with Gasteiger partial charge in [0, 0.05) is 0 Å². The number of nitrogens with one attached hydrogen (secondary N) is 3. The summed E-state index contributed by atoms with van der Waals surface area (Å²) in [7, 11) is 0. The molecule has 0 spiro atoms. The summed E-state index contributed by atoms with van der Waals surface area (Å²) in [5.41, 5.74) is -0.534. The minimum atomic E-state index is -0.965. The van der Waals surface area contributed by atoms with Crippen LogP contribution in [0.2, 0.25) is 0 Å². The van der Waals surface area contributed by atoms with Crippen LogP contribution in [0.15, 0.2) is 53.5 Å². The van der Waals surface area contributed by atoms with Crippen molar-refractivity contribution < 1.29 is 24.2 Å². The molecule has 10 nitrogen and oxygen atoms in total. The first kappa shape index (κ1) is 28.5. The van der Waals surface area contributed by atoms with Gasteiger partial charge in [-0.15, -0.1) is 0 Å². The fraction of sp³-hybridized carbons (Fsp3) is 0.417. The summed E-state index contributed by atoms with van der Waals surface area (Å²) in [6.07, 6.45) is 1.31. The first-order valence-corrected chi connectivity index (χ1v) is 13.4. The first-order chi connectivity index (χ1) is 16.5. The maximum atomic E-state index is 13.3. The first-order valence-electron chi connectivity index (χ1n) is 11.2. The van der Waals surface area contributed by atoms with Gasteiger partial charge in [0.15, 0.2) is 0 Å². The normalized spacial score (nSPS) is 12.8. The van der Waals surface area contributed by atoms with Crippen LogP contribution in [0.4, 0.5) is 10.5 Å². The average molecular weight is 676 g/mol. The zero-order valence-electron chi connectivity index (χ0n) is 20.1. The Hall–Kier alpha value is -2.74. The molecule has 1 heterocycles. The summed E-state index contributed by atoms with van der Waals surface area (Å²) in [5.74, 6) is -0.627. The summed E-state index contributed by atoms with van der Waals surface area (Å²) in [6.45, 7) is 4.77. The van der Waals surface area contributed by atoms with E-state index >= 15 is 0 Å². The van der Waals surface area contributed by atoms with Crippen LogP contribution in [0, 0.1) is 0 Å². The van der Waals surface area contributed by atoms with E-state index in [0.717, 1.165) is 5.56 Å². The van der Waals surface area contributed by atoms with E-state index in [1.54, 1.807) is 26.8 Å². The summed E-state index contributed by atoms with van der Waals surface area (Å²) < 4.78 is 9.14. The third kappa shape index (κ3) is 9.44. The molecule has 3 amide bonds. The summed E-state index contributed by atoms with van der Waals surface area (Å²) >= 11 is 0.318. The summed E-state index contributed by atoms with van der Waals surface area (Å²) in [6, 6.07) is 10.6. The Labute approximate surface area is 220 Å². The number of ether oxygens (including phenoxy) is 1. The van der Waals surface area contributed by atoms with Crippen molar-refractivity contribution >= 4 is 49.7 Å². The Morgan fingerprint density at radius 1 is 1.11 bits per heavy atom. The van der Waals surface area contributed by atoms with E-state index in [4.69, 9.17) is 4.74 Å². The number of amides is 3. The summed E-state index contributed by atoms with van der Waals surface area (Å²) in [5, 5.41) is 14.9. The topological polar surface area (TPSA) is 139 Å². The van der Waals surface area contributed by atoms with Gasteiger partial charge in [0.25, 0.3) is 0 Å². The van der Waals surface area contributed by atoms with E-state index in [-0.39, 0.29) is 37.5 Å². The standard InChI is InChI=1S/C24H32N4O6.Tl/c1-24(2,3)34-23(33)27-18-10-7-13-28(22(18)32)19(14-16-8-5-4-6-9-16)21(31)26-17(15-29)11-12-20(25)30;/h4-10,13,17,19,29H,11-12,14-15H2,1-3H3,(H4,25,26,27,30,31,33);/q;+1/p-1/t17-,19-;/m0./s1. The number of aliphatic hydroxyl groups is 1. The quantitative estimate of drug-likeness (QED) is 0.281. The molecular formula is C24H31N4O6Tl. The number of hydrogen-bond donors (Lipinski definition) is 4. The second kappa shape index (κ2) is 13.4. The van der Waals surface area contributed by atoms with Crippen LogP contribution in [-0.2, 0) is 20.7 Å². The molecule has 2 rings (SSSR count). The molecule has 1 aromatic heterocycles. The Morgan fingerprint density at radius 3 is 2.40 bits per heavy atom. The van der Waals surface area contributed by atoms with E-state index in [1.807, 2.05) is 30.3 Å². The number of benzene rings is 1. The Bertz CT molecular complexity index is 1070. The molecule has 11 heteroatoms. The second-order valence-corrected chi connectivity index (χ2v) is 10.1. The monoisotopic (exact) mass is 676 g/mol. The predicted molar refractivity (Wildman–Crippen MR) is 132 cm³/mol. The van der Waals surface area contributed by atoms with Crippen LogP contribution in [-0.4, -0.2) is 71.9 Å². The number of carbonyl (C=O) groups excluding carboxylic acids is 3. The molecule has 0 fully saturated rings. The number of aliphatic hydroxyl groups excluding tert-OH is 1. The van der Waals surface area contributed by atoms with Gasteiger partial charge in [0.1, 0.15) is 5.60 Å². The van der Waals surface area contributed by atoms with Crippen molar-refractivity contribution in [3.05, 3.63) is 64.6 Å². The number of carbonyl (C=O) groups is 3. The zero-order valence-corrected chi connectivity index (χ0v) is 24.6. The molecule has 0 saturated heterocycles. The van der Waals surface area contributed by atoms with Gasteiger partial charge in [-0.2, -0.15) is 0 Å². The molecule has 35 heavy (non-hydrogen) atoms. The van der Waals surface area contributed by atoms with Gasteiger partial charge in [-0.3, -0.25) is 0 Å². The number of nitrogens with zero attached hydrogens (tertiary/aromatic N) is 1. The van der Waals surface area contributed by atoms with Gasteiger partial charge in [-0.05, 0) is 20.8 Å². The van der Waals surface area contributed by atoms with Gasteiger partial charge in [0.05, 0.1) is 0 Å². The van der Waals surface area contributed by atoms with E-state index in [2.05, 4.69) is 13.8 Å². The number of rotatable bonds is 10. The number of pyridine rings is 1. The van der Waals surface area contributed by atoms with E-state index < -0.39 is 35.2 Å². The van der Waals surface area contributed by atoms with Crippen molar-refractivity contribution in [2.45, 2.75) is 57.7 Å². The SMILES string of the molecule is CC(C)(C)OC(=O)Nc1cccn([C@@H](Cc2ccccc2)C(=O)N[C@H](CO)CCC(=O)[NH][Tl])c1=O. The fourth-order valence-electron chi connectivity index (χ4n) is 3.30. The fourth-order valence-corrected chi connectivity index (χ4v) is 3.86. The molecular weight excluding hydrogens is 645 g/mol. The van der Waals surface area contributed by atoms with Crippen molar-refractivity contribution in [2.75, 3.05) is 11.9 Å². The molecule has 0 aliphatic heterocycles. The molecule has 2 atom stereocenters. The van der Waals surface area contributed by atoms with Crippen molar-refractivity contribution in [2.24, 2.45) is 0 Å². The van der Waals surface area contributed by atoms with Crippen molar-refractivity contribution in [3.8, 4) is 0 Å². The zero-order chi connectivity index (χ0) is 26.0. The van der Waals surface area contributed by atoms with Gasteiger partial charge in [-0.1, -0.05) is 6.07 Å². The Morgan fingerprint density at radius 2 is 1.80 bits per heavy atom.